The van der Waals surface area contributed by atoms with Crippen LogP contribution in [0.15, 0.2) is 18.3 Å². The monoisotopic (exact) mass is 256 g/mol. The highest BCUT2D eigenvalue weighted by Crippen LogP contribution is 2.20. The minimum Gasteiger partial charge on any atom is -0.394 e. The zero-order chi connectivity index (χ0) is 13.6. The first kappa shape index (κ1) is 15.0. The summed E-state index contributed by atoms with van der Waals surface area (Å²) in [7, 11) is 0. The summed E-state index contributed by atoms with van der Waals surface area (Å²) in [4.78, 5) is 4.04. The second kappa shape index (κ2) is 6.78. The van der Waals surface area contributed by atoms with Crippen LogP contribution in [0.2, 0.25) is 0 Å². The molecule has 4 nitrogen and oxygen atoms in total. The Balaban J connectivity index is 2.86. The Labute approximate surface area is 107 Å². The van der Waals surface area contributed by atoms with Gasteiger partial charge in [0.25, 0.3) is 0 Å². The molecule has 1 heterocycles. The van der Waals surface area contributed by atoms with Gasteiger partial charge in [-0.1, -0.05) is 13.8 Å². The molecule has 0 aromatic carbocycles. The van der Waals surface area contributed by atoms with E-state index in [0.29, 0.717) is 12.1 Å². The summed E-state index contributed by atoms with van der Waals surface area (Å²) >= 11 is 0. The van der Waals surface area contributed by atoms with E-state index in [1.165, 1.54) is 12.3 Å². The maximum atomic E-state index is 12.8. The van der Waals surface area contributed by atoms with Crippen LogP contribution in [-0.4, -0.2) is 33.9 Å². The van der Waals surface area contributed by atoms with Crippen molar-refractivity contribution in [2.75, 3.05) is 13.2 Å². The summed E-state index contributed by atoms with van der Waals surface area (Å²) in [5.74, 6) is -0.375. The molecule has 0 aliphatic rings. The quantitative estimate of drug-likeness (QED) is 0.690. The Morgan fingerprint density at radius 3 is 2.39 bits per heavy atom. The second-order valence-corrected chi connectivity index (χ2v) is 4.46. The summed E-state index contributed by atoms with van der Waals surface area (Å²) in [6.45, 7) is 3.55. The zero-order valence-electron chi connectivity index (χ0n) is 10.9. The molecule has 5 heteroatoms. The molecule has 18 heavy (non-hydrogen) atoms. The molecule has 0 spiro atoms. The maximum absolute atomic E-state index is 12.8. The van der Waals surface area contributed by atoms with E-state index in [-0.39, 0.29) is 25.1 Å². The SMILES string of the molecule is CCC(NC(CC)(CO)CO)c1ccc(F)cn1. The molecule has 0 aliphatic heterocycles. The van der Waals surface area contributed by atoms with E-state index < -0.39 is 5.54 Å². The number of nitrogens with zero attached hydrogens (tertiary/aromatic N) is 1. The molecule has 1 aromatic rings. The van der Waals surface area contributed by atoms with Gasteiger partial charge in [0.15, 0.2) is 0 Å². The van der Waals surface area contributed by atoms with E-state index in [1.807, 2.05) is 13.8 Å². The minimum absolute atomic E-state index is 0.121. The zero-order valence-corrected chi connectivity index (χ0v) is 10.9. The number of nitrogens with one attached hydrogen (secondary N) is 1. The van der Waals surface area contributed by atoms with Gasteiger partial charge >= 0.3 is 0 Å². The molecule has 0 fully saturated rings. The summed E-state index contributed by atoms with van der Waals surface area (Å²) in [5, 5.41) is 22.0. The van der Waals surface area contributed by atoms with Crippen LogP contribution in [0.3, 0.4) is 0 Å². The number of aliphatic hydroxyl groups excluding tert-OH is 2. The molecule has 1 rings (SSSR count). The topological polar surface area (TPSA) is 65.4 Å². The van der Waals surface area contributed by atoms with Gasteiger partial charge in [0.2, 0.25) is 0 Å². The van der Waals surface area contributed by atoms with Crippen LogP contribution >= 0.6 is 0 Å². The highest BCUT2D eigenvalue weighted by Gasteiger charge is 2.29. The van der Waals surface area contributed by atoms with Gasteiger partial charge in [-0.25, -0.2) is 4.39 Å². The maximum Gasteiger partial charge on any atom is 0.141 e. The fourth-order valence-corrected chi connectivity index (χ4v) is 1.82. The normalized spacial score (nSPS) is 13.6. The lowest BCUT2D eigenvalue weighted by molar-refractivity contribution is 0.0763. The third kappa shape index (κ3) is 3.48. The van der Waals surface area contributed by atoms with Crippen molar-refractivity contribution in [3.8, 4) is 0 Å². The third-order valence-electron chi connectivity index (χ3n) is 3.28. The molecule has 0 aliphatic carbocycles. The van der Waals surface area contributed by atoms with Crippen molar-refractivity contribution in [3.63, 3.8) is 0 Å². The van der Waals surface area contributed by atoms with Crippen LogP contribution < -0.4 is 5.32 Å². The first-order chi connectivity index (χ1) is 8.60. The Hall–Kier alpha value is -1.04. The van der Waals surface area contributed by atoms with Crippen LogP contribution in [0.25, 0.3) is 0 Å². The highest BCUT2D eigenvalue weighted by molar-refractivity contribution is 5.11. The molecule has 0 radical (unpaired) electrons. The van der Waals surface area contributed by atoms with Crippen molar-refractivity contribution in [2.24, 2.45) is 0 Å². The van der Waals surface area contributed by atoms with Crippen LogP contribution in [0.4, 0.5) is 4.39 Å². The van der Waals surface area contributed by atoms with Gasteiger partial charge in [-0.3, -0.25) is 10.3 Å². The van der Waals surface area contributed by atoms with Crippen LogP contribution in [0, 0.1) is 5.82 Å². The Kier molecular flexibility index (Phi) is 5.65. The second-order valence-electron chi connectivity index (χ2n) is 4.46. The van der Waals surface area contributed by atoms with Crippen molar-refractivity contribution in [1.29, 1.82) is 0 Å². The van der Waals surface area contributed by atoms with Crippen molar-refractivity contribution in [3.05, 3.63) is 29.8 Å². The minimum atomic E-state index is -0.725. The lowest BCUT2D eigenvalue weighted by Crippen LogP contribution is -2.52. The Morgan fingerprint density at radius 2 is 2.00 bits per heavy atom. The van der Waals surface area contributed by atoms with E-state index >= 15 is 0 Å². The molecule has 0 saturated heterocycles. The first-order valence-electron chi connectivity index (χ1n) is 6.21. The van der Waals surface area contributed by atoms with Gasteiger partial charge in [0, 0.05) is 6.04 Å². The van der Waals surface area contributed by atoms with Crippen molar-refractivity contribution < 1.29 is 14.6 Å². The van der Waals surface area contributed by atoms with E-state index in [0.717, 1.165) is 6.42 Å². The number of halogens is 1. The predicted octanol–water partition coefficient (Wildman–Crippen LogP) is 1.39. The van der Waals surface area contributed by atoms with Gasteiger partial charge < -0.3 is 10.2 Å². The van der Waals surface area contributed by atoms with Crippen molar-refractivity contribution >= 4 is 0 Å². The lowest BCUT2D eigenvalue weighted by Gasteiger charge is -2.34. The average Bonchev–Trinajstić information content (AvgIpc) is 2.42. The molecule has 0 saturated carbocycles. The lowest BCUT2D eigenvalue weighted by atomic mass is 9.95. The number of rotatable bonds is 7. The van der Waals surface area contributed by atoms with E-state index in [4.69, 9.17) is 0 Å². The average molecular weight is 256 g/mol. The molecular weight excluding hydrogens is 235 g/mol. The van der Waals surface area contributed by atoms with E-state index in [9.17, 15) is 14.6 Å². The van der Waals surface area contributed by atoms with Gasteiger partial charge in [-0.15, -0.1) is 0 Å². The van der Waals surface area contributed by atoms with Gasteiger partial charge in [-0.2, -0.15) is 0 Å². The number of aromatic nitrogens is 1. The molecule has 3 N–H and O–H groups in total. The molecule has 102 valence electrons. The summed E-state index contributed by atoms with van der Waals surface area (Å²) in [6.07, 6.45) is 2.50. The van der Waals surface area contributed by atoms with Crippen molar-refractivity contribution in [2.45, 2.75) is 38.3 Å². The fraction of sp³-hybridized carbons (Fsp3) is 0.615. The van der Waals surface area contributed by atoms with E-state index in [2.05, 4.69) is 10.3 Å². The Morgan fingerprint density at radius 1 is 1.33 bits per heavy atom. The number of hydrogen-bond donors (Lipinski definition) is 3. The van der Waals surface area contributed by atoms with Gasteiger partial charge in [-0.05, 0) is 25.0 Å². The smallest absolute Gasteiger partial charge is 0.141 e. The number of aliphatic hydroxyl groups is 2. The molecule has 1 atom stereocenters. The summed E-state index contributed by atoms with van der Waals surface area (Å²) in [5.41, 5.74) is -0.0184. The number of pyridine rings is 1. The predicted molar refractivity (Wildman–Crippen MR) is 67.6 cm³/mol. The number of hydrogen-bond acceptors (Lipinski definition) is 4. The van der Waals surface area contributed by atoms with Gasteiger partial charge in [0.1, 0.15) is 5.82 Å². The van der Waals surface area contributed by atoms with Gasteiger partial charge in [0.05, 0.1) is 30.6 Å². The van der Waals surface area contributed by atoms with Crippen molar-refractivity contribution in [1.82, 2.24) is 10.3 Å². The van der Waals surface area contributed by atoms with Crippen LogP contribution in [-0.2, 0) is 0 Å². The van der Waals surface area contributed by atoms with Crippen LogP contribution in [0.1, 0.15) is 38.4 Å². The highest BCUT2D eigenvalue weighted by atomic mass is 19.1. The molecule has 1 aromatic heterocycles. The van der Waals surface area contributed by atoms with Crippen LogP contribution in [0.5, 0.6) is 0 Å². The third-order valence-corrected chi connectivity index (χ3v) is 3.28. The molecule has 0 bridgehead atoms. The summed E-state index contributed by atoms with van der Waals surface area (Å²) < 4.78 is 12.8. The van der Waals surface area contributed by atoms with E-state index in [1.54, 1.807) is 6.07 Å². The Bertz CT molecular complexity index is 344. The molecule has 1 unspecified atom stereocenters. The molecule has 0 amide bonds. The fourth-order valence-electron chi connectivity index (χ4n) is 1.82. The molecular formula is C13H21FN2O2. The standard InChI is InChI=1S/C13H21FN2O2/c1-3-11(12-6-5-10(14)7-15-12)16-13(4-2,8-17)9-18/h5-7,11,16-18H,3-4,8-9H2,1-2H3. The summed E-state index contributed by atoms with van der Waals surface area (Å²) in [6, 6.07) is 2.86. The first-order valence-corrected chi connectivity index (χ1v) is 6.21. The largest absolute Gasteiger partial charge is 0.394 e.